The van der Waals surface area contributed by atoms with Crippen molar-refractivity contribution in [2.45, 2.75) is 239 Å². The Labute approximate surface area is 304 Å². The van der Waals surface area contributed by atoms with Gasteiger partial charge in [-0.3, -0.25) is 14.4 Å². The highest BCUT2D eigenvalue weighted by atomic mass is 16.6. The molecule has 49 heavy (non-hydrogen) atoms. The van der Waals surface area contributed by atoms with Gasteiger partial charge in [0, 0.05) is 19.3 Å². The van der Waals surface area contributed by atoms with Crippen LogP contribution in [0.25, 0.3) is 0 Å². The average molecular weight is 695 g/mol. The number of unbranched alkanes of at least 4 members (excludes halogenated alkanes) is 24. The zero-order valence-electron chi connectivity index (χ0n) is 33.1. The van der Waals surface area contributed by atoms with Gasteiger partial charge in [0.2, 0.25) is 0 Å². The van der Waals surface area contributed by atoms with Crippen LogP contribution < -0.4 is 0 Å². The van der Waals surface area contributed by atoms with Crippen molar-refractivity contribution >= 4 is 17.9 Å². The summed E-state index contributed by atoms with van der Waals surface area (Å²) in [4.78, 5) is 37.5. The molecule has 0 spiro atoms. The van der Waals surface area contributed by atoms with E-state index in [9.17, 15) is 14.4 Å². The normalized spacial score (nSPS) is 12.5. The summed E-state index contributed by atoms with van der Waals surface area (Å²) in [5.41, 5.74) is 0. The second-order valence-electron chi connectivity index (χ2n) is 14.9. The molecule has 0 saturated carbocycles. The quantitative estimate of drug-likeness (QED) is 0.0364. The van der Waals surface area contributed by atoms with Crippen LogP contribution in [0.3, 0.4) is 0 Å². The first-order valence-electron chi connectivity index (χ1n) is 21.4. The number of hydrogen-bond donors (Lipinski definition) is 0. The topological polar surface area (TPSA) is 78.9 Å². The molecule has 290 valence electrons. The average Bonchev–Trinajstić information content (AvgIpc) is 3.10. The molecular formula is C43H82O6. The maximum Gasteiger partial charge on any atom is 0.306 e. The van der Waals surface area contributed by atoms with E-state index in [1.165, 1.54) is 128 Å². The summed E-state index contributed by atoms with van der Waals surface area (Å²) in [5, 5.41) is 0. The highest BCUT2D eigenvalue weighted by molar-refractivity contribution is 5.71. The molecule has 0 saturated heterocycles. The predicted molar refractivity (Wildman–Crippen MR) is 206 cm³/mol. The molecule has 1 unspecified atom stereocenters. The molecule has 6 heteroatoms. The van der Waals surface area contributed by atoms with Gasteiger partial charge in [-0.05, 0) is 25.2 Å². The van der Waals surface area contributed by atoms with Crippen LogP contribution in [0.5, 0.6) is 0 Å². The lowest BCUT2D eigenvalue weighted by Crippen LogP contribution is -2.30. The van der Waals surface area contributed by atoms with E-state index < -0.39 is 6.10 Å². The Kier molecular flexibility index (Phi) is 36.4. The fraction of sp³-hybridized carbons (Fsp3) is 0.930. The Bertz CT molecular complexity index is 738. The minimum atomic E-state index is -0.758. The van der Waals surface area contributed by atoms with Crippen LogP contribution in [0, 0.1) is 5.92 Å². The van der Waals surface area contributed by atoms with Crippen molar-refractivity contribution in [1.82, 2.24) is 0 Å². The van der Waals surface area contributed by atoms with Gasteiger partial charge in [0.25, 0.3) is 0 Å². The van der Waals surface area contributed by atoms with Gasteiger partial charge in [0.05, 0.1) is 0 Å². The molecule has 6 nitrogen and oxygen atoms in total. The molecule has 0 aromatic rings. The smallest absolute Gasteiger partial charge is 0.306 e. The van der Waals surface area contributed by atoms with Crippen LogP contribution in [0.15, 0.2) is 0 Å². The first-order chi connectivity index (χ1) is 23.9. The van der Waals surface area contributed by atoms with Crippen molar-refractivity contribution in [1.29, 1.82) is 0 Å². The van der Waals surface area contributed by atoms with Crippen molar-refractivity contribution < 1.29 is 28.6 Å². The molecule has 0 aromatic heterocycles. The Balaban J connectivity index is 4.35. The Morgan fingerprint density at radius 1 is 0.408 bits per heavy atom. The van der Waals surface area contributed by atoms with Crippen molar-refractivity contribution in [3.05, 3.63) is 0 Å². The van der Waals surface area contributed by atoms with Crippen LogP contribution in [-0.2, 0) is 28.6 Å². The molecule has 0 amide bonds. The third kappa shape index (κ3) is 36.0. The summed E-state index contributed by atoms with van der Waals surface area (Å²) in [7, 11) is 0. The van der Waals surface area contributed by atoms with Gasteiger partial charge in [-0.2, -0.15) is 0 Å². The zero-order valence-corrected chi connectivity index (χ0v) is 33.1. The van der Waals surface area contributed by atoms with Gasteiger partial charge in [0.15, 0.2) is 6.10 Å². The summed E-state index contributed by atoms with van der Waals surface area (Å²) in [5.74, 6) is -0.0183. The minimum absolute atomic E-state index is 0.0648. The van der Waals surface area contributed by atoms with Crippen LogP contribution in [-0.4, -0.2) is 37.2 Å². The van der Waals surface area contributed by atoms with Gasteiger partial charge in [-0.25, -0.2) is 0 Å². The van der Waals surface area contributed by atoms with E-state index >= 15 is 0 Å². The Hall–Kier alpha value is -1.59. The first-order valence-corrected chi connectivity index (χ1v) is 21.4. The van der Waals surface area contributed by atoms with Crippen molar-refractivity contribution in [3.8, 4) is 0 Å². The highest BCUT2D eigenvalue weighted by Gasteiger charge is 2.19. The number of carbonyl (C=O) groups excluding carboxylic acids is 3. The Morgan fingerprint density at radius 3 is 1.06 bits per heavy atom. The standard InChI is InChI=1S/C43H82O6/c1-5-8-10-12-14-16-18-23-27-31-35-42(45)48-38-40(37-47-41(44)34-30-26-22-17-15-13-11-9-6-2)49-43(46)36-32-28-24-20-19-21-25-29-33-39(4)7-3/h39-40H,5-38H2,1-4H3/t39?,40-/m0/s1. The van der Waals surface area contributed by atoms with Gasteiger partial charge < -0.3 is 14.2 Å². The summed E-state index contributed by atoms with van der Waals surface area (Å²) in [6.45, 7) is 8.95. The summed E-state index contributed by atoms with van der Waals surface area (Å²) in [6, 6.07) is 0. The molecule has 0 aliphatic rings. The number of hydrogen-bond acceptors (Lipinski definition) is 6. The summed E-state index contributed by atoms with van der Waals surface area (Å²) >= 11 is 0. The lowest BCUT2D eigenvalue weighted by Gasteiger charge is -2.18. The largest absolute Gasteiger partial charge is 0.462 e. The zero-order chi connectivity index (χ0) is 36.0. The van der Waals surface area contributed by atoms with E-state index in [4.69, 9.17) is 14.2 Å². The van der Waals surface area contributed by atoms with Crippen LogP contribution in [0.2, 0.25) is 0 Å². The van der Waals surface area contributed by atoms with Crippen LogP contribution >= 0.6 is 0 Å². The van der Waals surface area contributed by atoms with Gasteiger partial charge >= 0.3 is 17.9 Å². The number of ether oxygens (including phenoxy) is 3. The monoisotopic (exact) mass is 695 g/mol. The Morgan fingerprint density at radius 2 is 0.714 bits per heavy atom. The molecular weight excluding hydrogens is 612 g/mol. The first kappa shape index (κ1) is 47.4. The van der Waals surface area contributed by atoms with Crippen LogP contribution in [0.1, 0.15) is 233 Å². The summed E-state index contributed by atoms with van der Waals surface area (Å²) in [6.07, 6.45) is 35.1. The predicted octanol–water partition coefficient (Wildman–Crippen LogP) is 13.2. The van der Waals surface area contributed by atoms with E-state index in [-0.39, 0.29) is 31.1 Å². The van der Waals surface area contributed by atoms with Crippen molar-refractivity contribution in [2.24, 2.45) is 5.92 Å². The molecule has 0 bridgehead atoms. The molecule has 0 fully saturated rings. The SMILES string of the molecule is CCCCCCCCCCCCC(=O)OC[C@H](COC(=O)CCCCCCCCCCC)OC(=O)CCCCCCCCCCC(C)CC. The minimum Gasteiger partial charge on any atom is -0.462 e. The molecule has 0 radical (unpaired) electrons. The fourth-order valence-corrected chi connectivity index (χ4v) is 6.24. The van der Waals surface area contributed by atoms with E-state index in [0.29, 0.717) is 19.3 Å². The molecule has 0 N–H and O–H groups in total. The lowest BCUT2D eigenvalue weighted by atomic mass is 9.99. The number of carbonyl (C=O) groups is 3. The van der Waals surface area contributed by atoms with E-state index in [0.717, 1.165) is 63.7 Å². The second kappa shape index (κ2) is 37.7. The van der Waals surface area contributed by atoms with Crippen molar-refractivity contribution in [3.63, 3.8) is 0 Å². The maximum absolute atomic E-state index is 12.7. The second-order valence-corrected chi connectivity index (χ2v) is 14.9. The number of esters is 3. The molecule has 2 atom stereocenters. The third-order valence-electron chi connectivity index (χ3n) is 9.90. The molecule has 0 heterocycles. The lowest BCUT2D eigenvalue weighted by molar-refractivity contribution is -0.167. The fourth-order valence-electron chi connectivity index (χ4n) is 6.24. The molecule has 0 rings (SSSR count). The van der Waals surface area contributed by atoms with Gasteiger partial charge in [-0.15, -0.1) is 0 Å². The third-order valence-corrected chi connectivity index (χ3v) is 9.90. The van der Waals surface area contributed by atoms with Gasteiger partial charge in [-0.1, -0.05) is 195 Å². The molecule has 0 aliphatic heterocycles. The maximum atomic E-state index is 12.7. The summed E-state index contributed by atoms with van der Waals surface area (Å²) < 4.78 is 16.6. The van der Waals surface area contributed by atoms with E-state index in [1.807, 2.05) is 0 Å². The number of rotatable bonds is 38. The van der Waals surface area contributed by atoms with Crippen molar-refractivity contribution in [2.75, 3.05) is 13.2 Å². The molecule has 0 aromatic carbocycles. The molecule has 0 aliphatic carbocycles. The van der Waals surface area contributed by atoms with Gasteiger partial charge in [0.1, 0.15) is 13.2 Å². The van der Waals surface area contributed by atoms with E-state index in [1.54, 1.807) is 0 Å². The van der Waals surface area contributed by atoms with Crippen LogP contribution in [0.4, 0.5) is 0 Å². The highest BCUT2D eigenvalue weighted by Crippen LogP contribution is 2.16. The van der Waals surface area contributed by atoms with E-state index in [2.05, 4.69) is 27.7 Å².